The first-order valence-corrected chi connectivity index (χ1v) is 11.0. The van der Waals surface area contributed by atoms with Crippen molar-refractivity contribution < 1.29 is 9.47 Å². The smallest absolute Gasteiger partial charge is 0.136 e. The number of piperazine rings is 1. The van der Waals surface area contributed by atoms with Crippen molar-refractivity contribution in [1.82, 2.24) is 14.7 Å². The minimum Gasteiger partial charge on any atom is -0.360 e. The molecule has 0 aliphatic carbocycles. The molecule has 2 radical (unpaired) electrons. The molecule has 1 rings (SSSR count). The second kappa shape index (κ2) is 14.2. The summed E-state index contributed by atoms with van der Waals surface area (Å²) >= 11 is 0. The maximum absolute atomic E-state index is 5.25. The number of nitrogens with zero attached hydrogens (tertiary/aromatic N) is 3. The van der Waals surface area contributed by atoms with Gasteiger partial charge in [-0.3, -0.25) is 4.90 Å². The van der Waals surface area contributed by atoms with Crippen LogP contribution in [0.3, 0.4) is 0 Å². The van der Waals surface area contributed by atoms with E-state index in [1.54, 1.807) is 14.2 Å². The third-order valence-electron chi connectivity index (χ3n) is 4.67. The summed E-state index contributed by atoms with van der Waals surface area (Å²) in [5, 5.41) is 0. The fraction of sp³-hybridized carbons (Fsp3) is 1.00. The Morgan fingerprint density at radius 2 is 1.42 bits per heavy atom. The van der Waals surface area contributed by atoms with Gasteiger partial charge in [-0.25, -0.2) is 0 Å². The van der Waals surface area contributed by atoms with Gasteiger partial charge in [0.2, 0.25) is 0 Å². The third-order valence-corrected chi connectivity index (χ3v) is 6.11. The molecule has 1 aliphatic rings. The lowest BCUT2D eigenvalue weighted by atomic mass is 10.3. The normalized spacial score (nSPS) is 17.2. The van der Waals surface area contributed by atoms with Gasteiger partial charge in [0.25, 0.3) is 0 Å². The van der Waals surface area contributed by atoms with Crippen LogP contribution in [0.15, 0.2) is 0 Å². The average molecular weight is 358 g/mol. The summed E-state index contributed by atoms with van der Waals surface area (Å²) in [6.07, 6.45) is 3.78. The van der Waals surface area contributed by atoms with Crippen molar-refractivity contribution in [2.45, 2.75) is 45.1 Å². The molecule has 24 heavy (non-hydrogen) atoms. The van der Waals surface area contributed by atoms with Gasteiger partial charge in [-0.05, 0) is 38.9 Å². The molecule has 0 spiro atoms. The Bertz CT molecular complexity index is 279. The van der Waals surface area contributed by atoms with Gasteiger partial charge in [-0.1, -0.05) is 19.9 Å². The summed E-state index contributed by atoms with van der Waals surface area (Å²) in [7, 11) is 4.20. The first kappa shape index (κ1) is 22.1. The Morgan fingerprint density at radius 3 is 1.92 bits per heavy atom. The highest BCUT2D eigenvalue weighted by Crippen LogP contribution is 2.05. The molecule has 0 aromatic heterocycles. The second-order valence-corrected chi connectivity index (χ2v) is 8.02. The number of ether oxygens (including phenoxy) is 2. The van der Waals surface area contributed by atoms with Gasteiger partial charge in [0.1, 0.15) is 15.4 Å². The predicted molar refractivity (Wildman–Crippen MR) is 103 cm³/mol. The molecule has 0 saturated carbocycles. The number of hydrogen-bond donors (Lipinski definition) is 0. The Kier molecular flexibility index (Phi) is 13.1. The molecule has 6 heteroatoms. The third kappa shape index (κ3) is 9.49. The fourth-order valence-electron chi connectivity index (χ4n) is 3.27. The van der Waals surface area contributed by atoms with E-state index >= 15 is 0 Å². The van der Waals surface area contributed by atoms with Crippen LogP contribution >= 0.6 is 0 Å². The number of methoxy groups -OCH3 is 2. The maximum atomic E-state index is 5.25. The summed E-state index contributed by atoms with van der Waals surface area (Å²) in [5.74, 6) is -0.00367. The number of hydrogen-bond acceptors (Lipinski definition) is 5. The van der Waals surface area contributed by atoms with Crippen LogP contribution in [-0.2, 0) is 9.47 Å². The highest BCUT2D eigenvalue weighted by molar-refractivity contribution is 6.36. The average Bonchev–Trinajstić information content (AvgIpc) is 2.61. The molecule has 0 unspecified atom stereocenters. The van der Waals surface area contributed by atoms with Crippen molar-refractivity contribution in [3.05, 3.63) is 0 Å². The van der Waals surface area contributed by atoms with Crippen molar-refractivity contribution in [2.24, 2.45) is 0 Å². The molecule has 1 fully saturated rings. The van der Waals surface area contributed by atoms with Crippen molar-refractivity contribution >= 4 is 9.52 Å². The van der Waals surface area contributed by atoms with Crippen LogP contribution in [0.25, 0.3) is 0 Å². The molecule has 1 aliphatic heterocycles. The molecule has 0 aromatic rings. The molecule has 0 N–H and O–H groups in total. The Balaban J connectivity index is 2.08. The topological polar surface area (TPSA) is 28.2 Å². The lowest BCUT2D eigenvalue weighted by Crippen LogP contribution is -2.48. The molecule has 0 bridgehead atoms. The molecule has 0 aromatic carbocycles. The summed E-state index contributed by atoms with van der Waals surface area (Å²) < 4.78 is 10.5. The van der Waals surface area contributed by atoms with E-state index < -0.39 is 0 Å². The Morgan fingerprint density at radius 1 is 0.875 bits per heavy atom. The van der Waals surface area contributed by atoms with Crippen molar-refractivity contribution in [3.8, 4) is 0 Å². The van der Waals surface area contributed by atoms with Crippen LogP contribution in [0.5, 0.6) is 0 Å². The Hall–Kier alpha value is 0.0169. The van der Waals surface area contributed by atoms with Crippen LogP contribution in [0, 0.1) is 0 Å². The van der Waals surface area contributed by atoms with Crippen LogP contribution in [0.4, 0.5) is 0 Å². The quantitative estimate of drug-likeness (QED) is 0.269. The number of rotatable bonds is 14. The van der Waals surface area contributed by atoms with E-state index in [0.29, 0.717) is 0 Å². The SMILES string of the molecule is CCCN(CCC)CCN1CCN(CCC[Si]C(OC)OC)CC1. The van der Waals surface area contributed by atoms with Crippen molar-refractivity contribution in [2.75, 3.05) is 73.1 Å². The largest absolute Gasteiger partial charge is 0.360 e. The summed E-state index contributed by atoms with van der Waals surface area (Å²) in [6, 6.07) is 1.20. The Labute approximate surface area is 152 Å². The minimum absolute atomic E-state index is 0.00367. The monoisotopic (exact) mass is 357 g/mol. The van der Waals surface area contributed by atoms with Crippen LogP contribution in [0.2, 0.25) is 6.04 Å². The fourth-order valence-corrected chi connectivity index (χ4v) is 4.20. The minimum atomic E-state index is -0.00367. The second-order valence-electron chi connectivity index (χ2n) is 6.64. The van der Waals surface area contributed by atoms with E-state index in [2.05, 4.69) is 28.5 Å². The van der Waals surface area contributed by atoms with Gasteiger partial charge in [0.15, 0.2) is 0 Å². The van der Waals surface area contributed by atoms with E-state index in [0.717, 1.165) is 9.52 Å². The van der Waals surface area contributed by atoms with E-state index in [1.807, 2.05) is 0 Å². The maximum Gasteiger partial charge on any atom is 0.136 e. The van der Waals surface area contributed by atoms with Crippen LogP contribution in [0.1, 0.15) is 33.1 Å². The van der Waals surface area contributed by atoms with Gasteiger partial charge in [-0.2, -0.15) is 0 Å². The first-order valence-electron chi connectivity index (χ1n) is 9.69. The van der Waals surface area contributed by atoms with Crippen LogP contribution in [-0.4, -0.2) is 103 Å². The molecule has 142 valence electrons. The summed E-state index contributed by atoms with van der Waals surface area (Å²) in [4.78, 5) is 7.88. The van der Waals surface area contributed by atoms with Gasteiger partial charge in [0.05, 0.1) is 0 Å². The molecule has 0 atom stereocenters. The van der Waals surface area contributed by atoms with Crippen molar-refractivity contribution in [3.63, 3.8) is 0 Å². The van der Waals surface area contributed by atoms with Gasteiger partial charge >= 0.3 is 0 Å². The predicted octanol–water partition coefficient (Wildman–Crippen LogP) is 1.82. The van der Waals surface area contributed by atoms with E-state index in [-0.39, 0.29) is 5.91 Å². The van der Waals surface area contributed by atoms with Gasteiger partial charge in [-0.15, -0.1) is 0 Å². The molecular weight excluding hydrogens is 318 g/mol. The van der Waals surface area contributed by atoms with E-state index in [4.69, 9.17) is 9.47 Å². The summed E-state index contributed by atoms with van der Waals surface area (Å²) in [6.45, 7) is 15.7. The van der Waals surface area contributed by atoms with E-state index in [1.165, 1.54) is 84.2 Å². The standard InChI is InChI=1S/C18H39N3O2Si/c1-5-8-19(9-6-2)11-14-21-15-12-20(13-16-21)10-7-17-24-18(22-3)23-4/h18H,5-17H2,1-4H3. The molecule has 1 saturated heterocycles. The molecule has 5 nitrogen and oxygen atoms in total. The lowest BCUT2D eigenvalue weighted by molar-refractivity contribution is -0.0441. The highest BCUT2D eigenvalue weighted by Gasteiger charge is 2.17. The van der Waals surface area contributed by atoms with E-state index in [9.17, 15) is 0 Å². The van der Waals surface area contributed by atoms with Crippen LogP contribution < -0.4 is 0 Å². The highest BCUT2D eigenvalue weighted by atomic mass is 28.2. The lowest BCUT2D eigenvalue weighted by Gasteiger charge is -2.35. The van der Waals surface area contributed by atoms with Gasteiger partial charge < -0.3 is 19.3 Å². The molecule has 0 amide bonds. The van der Waals surface area contributed by atoms with Crippen molar-refractivity contribution in [1.29, 1.82) is 0 Å². The molecular formula is C18H39N3O2Si. The zero-order chi connectivity index (χ0) is 17.6. The molecule has 1 heterocycles. The summed E-state index contributed by atoms with van der Waals surface area (Å²) in [5.41, 5.74) is 0. The zero-order valence-corrected chi connectivity index (χ0v) is 17.4. The zero-order valence-electron chi connectivity index (χ0n) is 16.4. The first-order chi connectivity index (χ1) is 11.7. The van der Waals surface area contributed by atoms with Gasteiger partial charge in [0, 0.05) is 53.5 Å².